The lowest BCUT2D eigenvalue weighted by molar-refractivity contribution is 0.238. The Morgan fingerprint density at radius 3 is 3.06 bits per heavy atom. The van der Waals surface area contributed by atoms with E-state index in [0.29, 0.717) is 0 Å². The minimum atomic E-state index is 0.846. The molecule has 1 unspecified atom stereocenters. The molecular weight excluding hydrogens is 216 g/mol. The molecule has 1 saturated heterocycles. The van der Waals surface area contributed by atoms with E-state index in [2.05, 4.69) is 35.6 Å². The second kappa shape index (κ2) is 5.80. The van der Waals surface area contributed by atoms with Crippen molar-refractivity contribution in [2.45, 2.75) is 26.3 Å². The van der Waals surface area contributed by atoms with E-state index in [1.165, 1.54) is 42.9 Å². The van der Waals surface area contributed by atoms with Gasteiger partial charge in [0, 0.05) is 18.0 Å². The van der Waals surface area contributed by atoms with E-state index in [9.17, 15) is 0 Å². The zero-order valence-electron chi connectivity index (χ0n) is 10.3. The summed E-state index contributed by atoms with van der Waals surface area (Å²) in [5.74, 6) is 0.846. The normalized spacial score (nSPS) is 21.6. The van der Waals surface area contributed by atoms with Gasteiger partial charge in [-0.1, -0.05) is 0 Å². The van der Waals surface area contributed by atoms with Crippen LogP contribution in [-0.4, -0.2) is 31.6 Å². The Morgan fingerprint density at radius 2 is 2.44 bits per heavy atom. The first kappa shape index (κ1) is 12.1. The number of hydrogen-bond donors (Lipinski definition) is 1. The van der Waals surface area contributed by atoms with E-state index in [0.717, 1.165) is 12.5 Å². The van der Waals surface area contributed by atoms with Crippen molar-refractivity contribution >= 4 is 11.3 Å². The van der Waals surface area contributed by atoms with Gasteiger partial charge in [0.2, 0.25) is 0 Å². The van der Waals surface area contributed by atoms with Crippen molar-refractivity contribution in [3.8, 4) is 0 Å². The first-order valence-corrected chi connectivity index (χ1v) is 7.06. The van der Waals surface area contributed by atoms with Gasteiger partial charge in [0.15, 0.2) is 0 Å². The topological polar surface area (TPSA) is 15.3 Å². The third-order valence-corrected chi connectivity index (χ3v) is 4.36. The van der Waals surface area contributed by atoms with Gasteiger partial charge in [-0.3, -0.25) is 0 Å². The van der Waals surface area contributed by atoms with Gasteiger partial charge in [0.25, 0.3) is 0 Å². The molecule has 0 saturated carbocycles. The Hall–Kier alpha value is -0.380. The Kier molecular flexibility index (Phi) is 4.38. The zero-order chi connectivity index (χ0) is 11.4. The lowest BCUT2D eigenvalue weighted by atomic mass is 9.99. The fourth-order valence-corrected chi connectivity index (χ4v) is 3.38. The summed E-state index contributed by atoms with van der Waals surface area (Å²) in [5.41, 5.74) is 1.44. The van der Waals surface area contributed by atoms with Gasteiger partial charge in [-0.2, -0.15) is 0 Å². The van der Waals surface area contributed by atoms with Crippen LogP contribution >= 0.6 is 11.3 Å². The maximum Gasteiger partial charge on any atom is 0.0327 e. The molecule has 1 aromatic heterocycles. The Bertz CT molecular complexity index is 315. The van der Waals surface area contributed by atoms with Crippen LogP contribution in [0.2, 0.25) is 0 Å². The van der Waals surface area contributed by atoms with Crippen molar-refractivity contribution in [2.24, 2.45) is 5.92 Å². The Balaban J connectivity index is 1.79. The SMILES string of the molecule is Cc1ccsc1CN(C)CC1CCCNC1. The van der Waals surface area contributed by atoms with Crippen LogP contribution in [0.4, 0.5) is 0 Å². The highest BCUT2D eigenvalue weighted by Crippen LogP contribution is 2.18. The molecule has 0 aromatic carbocycles. The summed E-state index contributed by atoms with van der Waals surface area (Å²) in [6.07, 6.45) is 2.73. The highest BCUT2D eigenvalue weighted by molar-refractivity contribution is 7.10. The van der Waals surface area contributed by atoms with Gasteiger partial charge in [-0.05, 0) is 62.8 Å². The van der Waals surface area contributed by atoms with Crippen molar-refractivity contribution in [1.82, 2.24) is 10.2 Å². The molecule has 0 spiro atoms. The monoisotopic (exact) mass is 238 g/mol. The van der Waals surface area contributed by atoms with Gasteiger partial charge in [0.05, 0.1) is 0 Å². The van der Waals surface area contributed by atoms with Crippen molar-refractivity contribution in [3.63, 3.8) is 0 Å². The van der Waals surface area contributed by atoms with Crippen LogP contribution < -0.4 is 5.32 Å². The van der Waals surface area contributed by atoms with Crippen LogP contribution in [0.5, 0.6) is 0 Å². The summed E-state index contributed by atoms with van der Waals surface area (Å²) >= 11 is 1.88. The molecule has 2 rings (SSSR count). The highest BCUT2D eigenvalue weighted by atomic mass is 32.1. The molecule has 1 N–H and O–H groups in total. The molecule has 1 atom stereocenters. The summed E-state index contributed by atoms with van der Waals surface area (Å²) < 4.78 is 0. The van der Waals surface area contributed by atoms with Gasteiger partial charge in [0.1, 0.15) is 0 Å². The summed E-state index contributed by atoms with van der Waals surface area (Å²) in [7, 11) is 2.24. The number of rotatable bonds is 4. The van der Waals surface area contributed by atoms with E-state index >= 15 is 0 Å². The Morgan fingerprint density at radius 1 is 1.56 bits per heavy atom. The van der Waals surface area contributed by atoms with Gasteiger partial charge < -0.3 is 10.2 Å². The predicted octanol–water partition coefficient (Wildman–Crippen LogP) is 2.49. The highest BCUT2D eigenvalue weighted by Gasteiger charge is 2.15. The quantitative estimate of drug-likeness (QED) is 0.867. The predicted molar refractivity (Wildman–Crippen MR) is 71.0 cm³/mol. The average molecular weight is 238 g/mol. The first-order valence-electron chi connectivity index (χ1n) is 6.18. The maximum atomic E-state index is 3.49. The first-order chi connectivity index (χ1) is 7.75. The third kappa shape index (κ3) is 3.30. The zero-order valence-corrected chi connectivity index (χ0v) is 11.1. The molecule has 0 radical (unpaired) electrons. The number of nitrogens with zero attached hydrogens (tertiary/aromatic N) is 1. The number of hydrogen-bond acceptors (Lipinski definition) is 3. The van der Waals surface area contributed by atoms with Crippen LogP contribution in [0.15, 0.2) is 11.4 Å². The van der Waals surface area contributed by atoms with E-state index in [4.69, 9.17) is 0 Å². The lowest BCUT2D eigenvalue weighted by Crippen LogP contribution is -2.36. The second-order valence-electron chi connectivity index (χ2n) is 4.94. The van der Waals surface area contributed by atoms with Crippen LogP contribution in [0.25, 0.3) is 0 Å². The molecule has 1 aliphatic rings. The van der Waals surface area contributed by atoms with E-state index < -0.39 is 0 Å². The lowest BCUT2D eigenvalue weighted by Gasteiger charge is -2.27. The number of aryl methyl sites for hydroxylation is 1. The molecule has 3 heteroatoms. The average Bonchev–Trinajstić information content (AvgIpc) is 2.66. The molecular formula is C13H22N2S. The third-order valence-electron chi connectivity index (χ3n) is 3.35. The maximum absolute atomic E-state index is 3.49. The van der Waals surface area contributed by atoms with Crippen molar-refractivity contribution < 1.29 is 0 Å². The van der Waals surface area contributed by atoms with Crippen molar-refractivity contribution in [2.75, 3.05) is 26.7 Å². The van der Waals surface area contributed by atoms with Gasteiger partial charge in [-0.15, -0.1) is 11.3 Å². The number of piperidine rings is 1. The molecule has 16 heavy (non-hydrogen) atoms. The summed E-state index contributed by atoms with van der Waals surface area (Å²) in [5, 5.41) is 5.68. The molecule has 1 aromatic rings. The fourth-order valence-electron chi connectivity index (χ4n) is 2.40. The smallest absolute Gasteiger partial charge is 0.0327 e. The van der Waals surface area contributed by atoms with Gasteiger partial charge >= 0.3 is 0 Å². The fraction of sp³-hybridized carbons (Fsp3) is 0.692. The van der Waals surface area contributed by atoms with Crippen molar-refractivity contribution in [1.29, 1.82) is 0 Å². The summed E-state index contributed by atoms with van der Waals surface area (Å²) in [6.45, 7) is 6.96. The van der Waals surface area contributed by atoms with Crippen LogP contribution in [0.3, 0.4) is 0 Å². The van der Waals surface area contributed by atoms with E-state index in [1.807, 2.05) is 11.3 Å². The molecule has 2 heterocycles. The van der Waals surface area contributed by atoms with Gasteiger partial charge in [-0.25, -0.2) is 0 Å². The molecule has 0 bridgehead atoms. The number of nitrogens with one attached hydrogen (secondary N) is 1. The summed E-state index contributed by atoms with van der Waals surface area (Å²) in [6, 6.07) is 2.22. The van der Waals surface area contributed by atoms with E-state index in [1.54, 1.807) is 0 Å². The van der Waals surface area contributed by atoms with Crippen molar-refractivity contribution in [3.05, 3.63) is 21.9 Å². The molecule has 90 valence electrons. The molecule has 0 aliphatic carbocycles. The van der Waals surface area contributed by atoms with E-state index in [-0.39, 0.29) is 0 Å². The summed E-state index contributed by atoms with van der Waals surface area (Å²) in [4.78, 5) is 3.99. The molecule has 1 aliphatic heterocycles. The van der Waals surface area contributed by atoms with Crippen LogP contribution in [0.1, 0.15) is 23.3 Å². The standard InChI is InChI=1S/C13H22N2S/c1-11-5-7-16-13(11)10-15(2)9-12-4-3-6-14-8-12/h5,7,12,14H,3-4,6,8-10H2,1-2H3. The van der Waals surface area contributed by atoms with Crippen LogP contribution in [0, 0.1) is 12.8 Å². The van der Waals surface area contributed by atoms with Crippen LogP contribution in [-0.2, 0) is 6.54 Å². The molecule has 0 amide bonds. The minimum Gasteiger partial charge on any atom is -0.316 e. The largest absolute Gasteiger partial charge is 0.316 e. The Labute approximate surface area is 103 Å². The minimum absolute atomic E-state index is 0.846. The molecule has 2 nitrogen and oxygen atoms in total. The number of thiophene rings is 1. The molecule has 1 fully saturated rings. The second-order valence-corrected chi connectivity index (χ2v) is 5.94.